The van der Waals surface area contributed by atoms with Gasteiger partial charge in [-0.15, -0.1) is 11.8 Å². The molecule has 6 rings (SSSR count). The van der Waals surface area contributed by atoms with Crippen LogP contribution in [0.3, 0.4) is 0 Å². The summed E-state index contributed by atoms with van der Waals surface area (Å²) in [5, 5.41) is 21.6. The molecule has 0 fully saturated rings. The first-order valence-electron chi connectivity index (χ1n) is 16.0. The molecule has 3 aromatic carbocycles. The molecule has 5 N–H and O–H groups in total. The molecule has 3 aromatic rings. The van der Waals surface area contributed by atoms with Crippen molar-refractivity contribution < 1.29 is 50.5 Å². The summed E-state index contributed by atoms with van der Waals surface area (Å²) in [6, 6.07) is 3.04. The zero-order valence-electron chi connectivity index (χ0n) is 28.9. The lowest BCUT2D eigenvalue weighted by molar-refractivity contribution is -0.133. The molecule has 0 spiro atoms. The van der Waals surface area contributed by atoms with Crippen LogP contribution in [0.1, 0.15) is 98.8 Å². The van der Waals surface area contributed by atoms with Gasteiger partial charge in [-0.3, -0.25) is 18.9 Å². The van der Waals surface area contributed by atoms with Crippen LogP contribution in [0, 0.1) is 0 Å². The van der Waals surface area contributed by atoms with Gasteiger partial charge in [0.05, 0.1) is 43.0 Å². The SMILES string of the molecule is CC1CC(C)(C)Nc2c1cc1c(c2S(=O)(=O)O)Oc2c(S(=O)(=O)O)c3c(cc2=C1c1c(Cl)c(SCC(=O)O)c(Cl)c(Cl)c1C(=O)O)C(C)CC(C)(C)N=3. The van der Waals surface area contributed by atoms with Gasteiger partial charge in [0, 0.05) is 32.4 Å². The van der Waals surface area contributed by atoms with Crippen LogP contribution in [0.15, 0.2) is 31.8 Å². The highest BCUT2D eigenvalue weighted by Gasteiger charge is 2.43. The maximum absolute atomic E-state index is 13.5. The Morgan fingerprint density at radius 2 is 1.51 bits per heavy atom. The Morgan fingerprint density at radius 1 is 0.906 bits per heavy atom. The number of carboxylic acid groups (broad SMARTS) is 2. The second-order valence-electron chi connectivity index (χ2n) is 14.6. The fourth-order valence-electron chi connectivity index (χ4n) is 7.70. The van der Waals surface area contributed by atoms with Gasteiger partial charge < -0.3 is 20.3 Å². The second kappa shape index (κ2) is 13.0. The molecule has 3 heterocycles. The maximum atomic E-state index is 13.5. The van der Waals surface area contributed by atoms with Crippen molar-refractivity contribution in [3.8, 4) is 11.5 Å². The first-order valence-corrected chi connectivity index (χ1v) is 21.0. The topological polar surface area (TPSA) is 217 Å². The lowest BCUT2D eigenvalue weighted by Crippen LogP contribution is -2.39. The van der Waals surface area contributed by atoms with Crippen molar-refractivity contribution in [2.75, 3.05) is 11.1 Å². The molecule has 0 saturated heterocycles. The molecule has 0 saturated carbocycles. The summed E-state index contributed by atoms with van der Waals surface area (Å²) in [7, 11) is -10.5. The lowest BCUT2D eigenvalue weighted by Gasteiger charge is -2.40. The van der Waals surface area contributed by atoms with Crippen molar-refractivity contribution in [3.05, 3.63) is 65.6 Å². The minimum Gasteiger partial charge on any atom is -0.481 e. The molecule has 0 radical (unpaired) electrons. The van der Waals surface area contributed by atoms with Gasteiger partial charge in [0.25, 0.3) is 20.2 Å². The Bertz CT molecular complexity index is 2560. The molecule has 0 aliphatic carbocycles. The Morgan fingerprint density at radius 3 is 2.08 bits per heavy atom. The van der Waals surface area contributed by atoms with E-state index in [4.69, 9.17) is 39.5 Å². The van der Waals surface area contributed by atoms with Crippen molar-refractivity contribution in [1.29, 1.82) is 0 Å². The van der Waals surface area contributed by atoms with E-state index in [-0.39, 0.29) is 54.7 Å². The molecule has 13 nitrogen and oxygen atoms in total. The average Bonchev–Trinajstić information content (AvgIpc) is 2.97. The third-order valence-corrected chi connectivity index (χ3v) is 13.8. The predicted molar refractivity (Wildman–Crippen MR) is 200 cm³/mol. The molecule has 19 heteroatoms. The van der Waals surface area contributed by atoms with Gasteiger partial charge in [0.15, 0.2) is 21.3 Å². The molecular weight excluding hydrogens is 815 g/mol. The number of anilines is 1. The number of nitrogens with one attached hydrogen (secondary N) is 1. The van der Waals surface area contributed by atoms with Crippen molar-refractivity contribution in [2.24, 2.45) is 4.99 Å². The first-order chi connectivity index (χ1) is 24.3. The summed E-state index contributed by atoms with van der Waals surface area (Å²) in [5.41, 5.74) is -2.26. The molecule has 2 unspecified atom stereocenters. The maximum Gasteiger partial charge on any atom is 0.337 e. The van der Waals surface area contributed by atoms with Crippen LogP contribution in [0.4, 0.5) is 5.69 Å². The van der Waals surface area contributed by atoms with E-state index in [1.807, 2.05) is 27.7 Å². The number of halogens is 3. The highest BCUT2D eigenvalue weighted by Crippen LogP contribution is 2.54. The van der Waals surface area contributed by atoms with E-state index >= 15 is 0 Å². The van der Waals surface area contributed by atoms with E-state index in [1.165, 1.54) is 12.1 Å². The molecular formula is C34H33Cl3N2O11S3. The van der Waals surface area contributed by atoms with E-state index < -0.39 is 85.9 Å². The number of carbonyl (C=O) groups is 2. The van der Waals surface area contributed by atoms with Gasteiger partial charge in [0.2, 0.25) is 0 Å². The zero-order chi connectivity index (χ0) is 39.5. The van der Waals surface area contributed by atoms with Gasteiger partial charge in [-0.1, -0.05) is 48.7 Å². The standard InChI is InChI=1S/C34H33Cl3N2O11S3/c1-12-9-33(3,4)38-25-14(12)7-16-19(20-21(32(42)43)22(35)24(37)29(23(20)36)51-11-18(40)41)17-8-15-13(2)10-34(5,6)39-26(15)31(53(47,48)49)28(17)50-27(16)30(25)52(44,45)46/h7-8,12-13,38H,9-11H2,1-6H3,(H,40,41)(H,42,43)(H,44,45,46)(H,47,48,49). The van der Waals surface area contributed by atoms with Crippen LogP contribution in [0.25, 0.3) is 5.57 Å². The minimum absolute atomic E-state index is 0.0417. The summed E-state index contributed by atoms with van der Waals surface area (Å²) in [6.45, 7) is 10.8. The monoisotopic (exact) mass is 846 g/mol. The summed E-state index contributed by atoms with van der Waals surface area (Å²) in [6.07, 6.45) is 0.912. The Hall–Kier alpha value is -3.09. The average molecular weight is 848 g/mol. The molecule has 284 valence electrons. The number of nitrogens with zero attached hydrogens (tertiary/aromatic N) is 1. The fourth-order valence-corrected chi connectivity index (χ4v) is 11.2. The van der Waals surface area contributed by atoms with Crippen LogP contribution in [0.2, 0.25) is 15.1 Å². The predicted octanol–water partition coefficient (Wildman–Crippen LogP) is 6.97. The highest BCUT2D eigenvalue weighted by molar-refractivity contribution is 8.00. The third-order valence-electron chi connectivity index (χ3n) is 9.41. The smallest absolute Gasteiger partial charge is 0.337 e. The van der Waals surface area contributed by atoms with Crippen molar-refractivity contribution in [1.82, 2.24) is 0 Å². The summed E-state index contributed by atoms with van der Waals surface area (Å²) in [4.78, 5) is 27.6. The molecule has 0 amide bonds. The van der Waals surface area contributed by atoms with Crippen molar-refractivity contribution >= 4 is 90.0 Å². The van der Waals surface area contributed by atoms with E-state index in [0.29, 0.717) is 35.7 Å². The Labute approximate surface area is 323 Å². The molecule has 2 atom stereocenters. The van der Waals surface area contributed by atoms with Gasteiger partial charge in [0.1, 0.15) is 0 Å². The van der Waals surface area contributed by atoms with Crippen LogP contribution < -0.4 is 20.6 Å². The van der Waals surface area contributed by atoms with Crippen LogP contribution in [-0.4, -0.2) is 64.9 Å². The van der Waals surface area contributed by atoms with Gasteiger partial charge in [-0.25, -0.2) is 4.79 Å². The number of rotatable bonds is 7. The molecule has 0 bridgehead atoms. The van der Waals surface area contributed by atoms with Gasteiger partial charge >= 0.3 is 11.9 Å². The van der Waals surface area contributed by atoms with Crippen LogP contribution in [0.5, 0.6) is 11.5 Å². The number of carboxylic acids is 2. The largest absolute Gasteiger partial charge is 0.481 e. The van der Waals surface area contributed by atoms with Gasteiger partial charge in [-0.2, -0.15) is 16.8 Å². The van der Waals surface area contributed by atoms with E-state index in [0.717, 1.165) is 0 Å². The normalized spacial score (nSPS) is 19.8. The van der Waals surface area contributed by atoms with Crippen molar-refractivity contribution in [3.63, 3.8) is 0 Å². The van der Waals surface area contributed by atoms with E-state index in [2.05, 4.69) is 10.3 Å². The molecule has 3 aliphatic rings. The third kappa shape index (κ3) is 6.79. The van der Waals surface area contributed by atoms with Crippen LogP contribution in [-0.2, 0) is 25.0 Å². The number of thioether (sulfide) groups is 1. The summed E-state index contributed by atoms with van der Waals surface area (Å²) >= 11 is 20.8. The quantitative estimate of drug-likeness (QED) is 0.0722. The van der Waals surface area contributed by atoms with Gasteiger partial charge in [-0.05, 0) is 75.6 Å². The van der Waals surface area contributed by atoms with E-state index in [9.17, 15) is 45.7 Å². The first kappa shape index (κ1) is 39.6. The molecule has 53 heavy (non-hydrogen) atoms. The number of hydrogen-bond donors (Lipinski definition) is 5. The summed E-state index contributed by atoms with van der Waals surface area (Å²) < 4.78 is 81.8. The Balaban J connectivity index is 1.98. The van der Waals surface area contributed by atoms with E-state index in [1.54, 1.807) is 13.8 Å². The molecule has 0 aromatic heterocycles. The second-order valence-corrected chi connectivity index (χ2v) is 19.5. The minimum atomic E-state index is -5.26. The number of aliphatic carboxylic acids is 1. The highest BCUT2D eigenvalue weighted by atomic mass is 35.5. The Kier molecular flexibility index (Phi) is 9.72. The number of benzene rings is 3. The fraction of sp³-hybridized carbons (Fsp3) is 0.382. The number of ether oxygens (including phenoxy) is 1. The number of aromatic carboxylic acids is 1. The molecule has 3 aliphatic heterocycles. The summed E-state index contributed by atoms with van der Waals surface area (Å²) in [5.74, 6) is -5.49. The van der Waals surface area contributed by atoms with Crippen LogP contribution >= 0.6 is 46.6 Å². The van der Waals surface area contributed by atoms with Crippen molar-refractivity contribution in [2.45, 2.75) is 92.0 Å². The number of hydrogen-bond acceptors (Lipinski definition) is 10. The number of fused-ring (bicyclic) bond motifs is 4. The lowest BCUT2D eigenvalue weighted by atomic mass is 9.79. The zero-order valence-corrected chi connectivity index (χ0v) is 33.6.